The van der Waals surface area contributed by atoms with Gasteiger partial charge in [0.05, 0.1) is 45.8 Å². The Bertz CT molecular complexity index is 6350. The quantitative estimate of drug-likeness (QED) is 0.0386. The zero-order chi connectivity index (χ0) is 103. The Labute approximate surface area is 856 Å². The summed E-state index contributed by atoms with van der Waals surface area (Å²) < 4.78 is 62.9. The van der Waals surface area contributed by atoms with Crippen molar-refractivity contribution in [3.8, 4) is 23.0 Å². The molecule has 28 nitrogen and oxygen atoms in total. The maximum Gasteiger partial charge on any atom is 0.391 e. The standard InChI is InChI=1S/C32H40N4O3.C29H33N3O4.C28H28F3N3O4.C27H29N3O4/c1-23-8-13-29(31(37)33-23)36-21-28-27(32(36)38)6-5-7-30(28)39-22-25-11-9-24(10-12-25)20-34-18-14-26(15-19-34)35-16-3-2-4-17-35;1-19-7-12-23(26(33)30-19)32-27(34)22-5-4-6-24(25(22)28(32)35)36-18-21-10-8-20(9-11-21)17-31-15-13-29(2,3)14-16-31;1-17-5-10-22(25(35)32-17)34-26(36)21-3-2-4-23(24(21)27(34)37)38-16-19-8-6-18(7-9-19)15-33-13-11-20(12-14-33)28(29,30)31;1-18-8-13-22(25(31)28-18)30-26(32)21-6-5-7-23(24(21)27(30)33)34-17-20-11-9-19(10-12-20)16-29-14-3-2-4-15-29/h5-7,9-12,26,29H,1-4,8,13-22H2,(H,33,37);4-6,8-11,23H,1,7,12-18H2,2-3H3,(H,30,33);2-4,6-9,20,22H,1,5,10-16H2,(H,32,35);5-7,9-12,22H,1-4,8,13-17H2,(H,28,31). The Balaban J connectivity index is 0.000000129. The summed E-state index contributed by atoms with van der Waals surface area (Å²) in [6.45, 7) is 35.1. The van der Waals surface area contributed by atoms with Crippen LogP contribution in [0.15, 0.2) is 219 Å². The van der Waals surface area contributed by atoms with Crippen molar-refractivity contribution in [2.45, 2.75) is 238 Å². The molecule has 9 saturated heterocycles. The largest absolute Gasteiger partial charge is 0.489 e. The Morgan fingerprint density at radius 3 is 0.952 bits per heavy atom. The fourth-order valence-corrected chi connectivity index (χ4v) is 22.0. The van der Waals surface area contributed by atoms with Gasteiger partial charge >= 0.3 is 6.18 Å². The van der Waals surface area contributed by atoms with Gasteiger partial charge in [0.15, 0.2) is 0 Å². The number of imide groups is 3. The highest BCUT2D eigenvalue weighted by molar-refractivity contribution is 6.26. The zero-order valence-corrected chi connectivity index (χ0v) is 83.8. The molecule has 0 spiro atoms. The number of alkyl halides is 3. The molecule has 21 rings (SSSR count). The van der Waals surface area contributed by atoms with E-state index in [-0.39, 0.29) is 95.4 Å². The Morgan fingerprint density at radius 1 is 0.320 bits per heavy atom. The van der Waals surface area contributed by atoms with Crippen LogP contribution in [0.1, 0.15) is 265 Å². The number of fused-ring (bicyclic) bond motifs is 4. The SMILES string of the molecule is C=C1CCC(N2C(=O)c3cccc(OCc4ccc(CN5CCC(C(F)(F)F)CC5)cc4)c3C2=O)C(=O)N1.C=C1CCC(N2C(=O)c3cccc(OCc4ccc(CN5CCC(C)(C)CC5)cc4)c3C2=O)C(=O)N1.C=C1CCC(N2C(=O)c3cccc(OCc4ccc(CN5CCCCC5)cc4)c3C2=O)C(=O)N1.C=C1CCC(N2Cc3c(OCc4ccc(CN5CCC(N6CCCCC6)CC5)cc4)cccc3C2=O)C(=O)N1. The molecule has 9 fully saturated rings. The normalized spacial score (nSPS) is 21.8. The van der Waals surface area contributed by atoms with E-state index in [1.54, 1.807) is 59.5 Å². The van der Waals surface area contributed by atoms with Crippen LogP contribution in [0.5, 0.6) is 23.0 Å². The van der Waals surface area contributed by atoms with Crippen LogP contribution in [0, 0.1) is 11.3 Å². The van der Waals surface area contributed by atoms with Crippen LogP contribution in [0.25, 0.3) is 0 Å². The average molecular weight is 2000 g/mol. The first-order valence-corrected chi connectivity index (χ1v) is 51.8. The molecule has 13 aliphatic heterocycles. The molecule has 0 bridgehead atoms. The van der Waals surface area contributed by atoms with Gasteiger partial charge in [-0.25, -0.2) is 0 Å². The van der Waals surface area contributed by atoms with Gasteiger partial charge in [0, 0.05) is 66.1 Å². The highest BCUT2D eigenvalue weighted by Gasteiger charge is 2.50. The summed E-state index contributed by atoms with van der Waals surface area (Å²) in [6.07, 6.45) is 13.0. The summed E-state index contributed by atoms with van der Waals surface area (Å²) in [6, 6.07) is 51.1. The van der Waals surface area contributed by atoms with Crippen molar-refractivity contribution in [1.29, 1.82) is 0 Å². The Morgan fingerprint density at radius 2 is 0.612 bits per heavy atom. The highest BCUT2D eigenvalue weighted by Crippen LogP contribution is 2.43. The first-order chi connectivity index (χ1) is 70.9. The number of rotatable bonds is 25. The van der Waals surface area contributed by atoms with E-state index in [1.807, 2.05) is 71.6 Å². The fraction of sp³-hybridized carbons (Fsp3) is 0.422. The van der Waals surface area contributed by atoms with Crippen molar-refractivity contribution < 1.29 is 84.9 Å². The van der Waals surface area contributed by atoms with E-state index >= 15 is 0 Å². The lowest BCUT2D eigenvalue weighted by Gasteiger charge is -2.40. The monoisotopic (exact) mass is 2000 g/mol. The molecule has 4 unspecified atom stereocenters. The fourth-order valence-electron chi connectivity index (χ4n) is 22.0. The van der Waals surface area contributed by atoms with Gasteiger partial charge in [0.2, 0.25) is 23.6 Å². The molecule has 0 aromatic heterocycles. The van der Waals surface area contributed by atoms with Crippen molar-refractivity contribution in [3.63, 3.8) is 0 Å². The number of likely N-dealkylation sites (tertiary alicyclic amines) is 5. The number of carbonyl (C=O) groups is 11. The molecule has 31 heteroatoms. The second kappa shape index (κ2) is 45.7. The Kier molecular flexibility index (Phi) is 32.1. The zero-order valence-electron chi connectivity index (χ0n) is 83.8. The molecule has 4 atom stereocenters. The van der Waals surface area contributed by atoms with Gasteiger partial charge in [-0.3, -0.25) is 87.0 Å². The Hall–Kier alpha value is -13.7. The number of nitrogens with one attached hydrogen (secondary N) is 4. The van der Waals surface area contributed by atoms with Crippen LogP contribution >= 0.6 is 0 Å². The number of amides is 11. The van der Waals surface area contributed by atoms with E-state index in [1.165, 1.54) is 107 Å². The van der Waals surface area contributed by atoms with Gasteiger partial charge in [0.1, 0.15) is 73.6 Å². The second-order valence-corrected chi connectivity index (χ2v) is 41.7. The average Bonchev–Trinajstić information content (AvgIpc) is 1.61. The van der Waals surface area contributed by atoms with Gasteiger partial charge < -0.3 is 50.0 Å². The maximum atomic E-state index is 13.3. The molecular formula is C116H130F3N13O15. The van der Waals surface area contributed by atoms with Crippen LogP contribution in [0.3, 0.4) is 0 Å². The number of hydrogen-bond donors (Lipinski definition) is 4. The van der Waals surface area contributed by atoms with Crippen molar-refractivity contribution in [2.24, 2.45) is 11.3 Å². The maximum absolute atomic E-state index is 13.3. The van der Waals surface area contributed by atoms with Crippen LogP contribution in [0.4, 0.5) is 13.2 Å². The molecule has 770 valence electrons. The van der Waals surface area contributed by atoms with E-state index in [0.29, 0.717) is 135 Å². The van der Waals surface area contributed by atoms with Gasteiger partial charge in [-0.2, -0.15) is 13.2 Å². The van der Waals surface area contributed by atoms with E-state index < -0.39 is 77.6 Å². The molecule has 4 N–H and O–H groups in total. The molecule has 13 aliphatic rings. The molecular weight excluding hydrogens is 1870 g/mol. The van der Waals surface area contributed by atoms with Gasteiger partial charge in [-0.05, 0) is 279 Å². The summed E-state index contributed by atoms with van der Waals surface area (Å²) in [5.74, 6) is -3.93. The van der Waals surface area contributed by atoms with Gasteiger partial charge in [-0.1, -0.05) is 174 Å². The van der Waals surface area contributed by atoms with E-state index in [2.05, 4.69) is 130 Å². The van der Waals surface area contributed by atoms with Crippen molar-refractivity contribution in [1.82, 2.24) is 65.4 Å². The van der Waals surface area contributed by atoms with Crippen LogP contribution in [-0.2, 0) is 78.3 Å². The van der Waals surface area contributed by atoms with Crippen LogP contribution in [-0.4, -0.2) is 211 Å². The molecule has 13 heterocycles. The lowest BCUT2D eigenvalue weighted by molar-refractivity contribution is -0.185. The topological polar surface area (TPSA) is 302 Å². The number of hydrogen-bond acceptors (Lipinski definition) is 20. The van der Waals surface area contributed by atoms with E-state index in [4.69, 9.17) is 18.9 Å². The van der Waals surface area contributed by atoms with E-state index in [0.717, 1.165) is 99.9 Å². The molecule has 0 aliphatic carbocycles. The number of carbonyl (C=O) groups excluding carboxylic acids is 11. The smallest absolute Gasteiger partial charge is 0.391 e. The molecule has 8 aromatic rings. The minimum absolute atomic E-state index is 0.104. The molecule has 0 saturated carbocycles. The third-order valence-electron chi connectivity index (χ3n) is 30.7. The first-order valence-electron chi connectivity index (χ1n) is 51.8. The lowest BCUT2D eigenvalue weighted by Crippen LogP contribution is -2.51. The molecule has 0 radical (unpaired) electrons. The third kappa shape index (κ3) is 24.2. The lowest BCUT2D eigenvalue weighted by atomic mass is 9.82. The predicted octanol–water partition coefficient (Wildman–Crippen LogP) is 16.8. The third-order valence-corrected chi connectivity index (χ3v) is 30.7. The van der Waals surface area contributed by atoms with E-state index in [9.17, 15) is 65.9 Å². The minimum Gasteiger partial charge on any atom is -0.489 e. The van der Waals surface area contributed by atoms with Crippen molar-refractivity contribution >= 4 is 65.0 Å². The molecule has 11 amide bonds. The van der Waals surface area contributed by atoms with Crippen LogP contribution < -0.4 is 40.2 Å². The summed E-state index contributed by atoms with van der Waals surface area (Å²) in [5, 5.41) is 10.7. The summed E-state index contributed by atoms with van der Waals surface area (Å²) >= 11 is 0. The van der Waals surface area contributed by atoms with Gasteiger partial charge in [-0.15, -0.1) is 0 Å². The molecule has 8 aromatic carbocycles. The summed E-state index contributed by atoms with van der Waals surface area (Å²) in [7, 11) is 0. The molecule has 147 heavy (non-hydrogen) atoms. The highest BCUT2D eigenvalue weighted by atomic mass is 19.4. The van der Waals surface area contributed by atoms with Gasteiger partial charge in [0.25, 0.3) is 41.4 Å². The van der Waals surface area contributed by atoms with Crippen molar-refractivity contribution in [2.75, 3.05) is 65.4 Å². The number of halogens is 3. The number of benzene rings is 8. The predicted molar refractivity (Wildman–Crippen MR) is 547 cm³/mol. The summed E-state index contributed by atoms with van der Waals surface area (Å²) in [5.41, 5.74) is 14.5. The minimum atomic E-state index is -4.12. The second-order valence-electron chi connectivity index (χ2n) is 41.7. The number of piperidine rings is 9. The first kappa shape index (κ1) is 103. The van der Waals surface area contributed by atoms with Crippen LogP contribution in [0.2, 0.25) is 0 Å². The van der Waals surface area contributed by atoms with Crippen molar-refractivity contribution in [3.05, 3.63) is 308 Å². The summed E-state index contributed by atoms with van der Waals surface area (Å²) in [4.78, 5) is 159. The number of nitrogens with zero attached hydrogens (tertiary/aromatic N) is 9. The number of allylic oxidation sites excluding steroid dienone is 4. The number of ether oxygens (including phenoxy) is 4.